The van der Waals surface area contributed by atoms with Crippen LogP contribution in [0.5, 0.6) is 5.75 Å². The van der Waals surface area contributed by atoms with Gasteiger partial charge in [0.15, 0.2) is 9.84 Å². The van der Waals surface area contributed by atoms with Gasteiger partial charge in [-0.1, -0.05) is 0 Å². The Morgan fingerprint density at radius 1 is 1.35 bits per heavy atom. The maximum Gasteiger partial charge on any atom is 0.185 e. The molecule has 0 saturated heterocycles. The van der Waals surface area contributed by atoms with Crippen LogP contribution >= 0.6 is 0 Å². The van der Waals surface area contributed by atoms with Gasteiger partial charge in [-0.3, -0.25) is 0 Å². The summed E-state index contributed by atoms with van der Waals surface area (Å²) < 4.78 is 28.4. The Labute approximate surface area is 102 Å². The molecule has 0 radical (unpaired) electrons. The van der Waals surface area contributed by atoms with E-state index in [0.29, 0.717) is 5.75 Å². The highest BCUT2D eigenvalue weighted by atomic mass is 32.2. The summed E-state index contributed by atoms with van der Waals surface area (Å²) in [6.45, 7) is 4.37. The monoisotopic (exact) mass is 258 g/mol. The zero-order valence-electron chi connectivity index (χ0n) is 10.5. The molecule has 1 aromatic carbocycles. The Bertz CT molecular complexity index is 503. The van der Waals surface area contributed by atoms with Gasteiger partial charge in [-0.25, -0.2) is 8.42 Å². The molecule has 0 atom stereocenters. The highest BCUT2D eigenvalue weighted by Gasteiger charge is 2.35. The van der Waals surface area contributed by atoms with Crippen LogP contribution in [0.2, 0.25) is 0 Å². The molecule has 0 bridgehead atoms. The lowest BCUT2D eigenvalue weighted by Crippen LogP contribution is -2.35. The van der Waals surface area contributed by atoms with Crippen LogP contribution in [0.3, 0.4) is 0 Å². The number of aryl methyl sites for hydroxylation is 1. The molecule has 0 amide bonds. The molecule has 0 fully saturated rings. The molecule has 0 saturated carbocycles. The van der Waals surface area contributed by atoms with Crippen molar-refractivity contribution in [3.8, 4) is 5.75 Å². The average molecular weight is 258 g/mol. The summed E-state index contributed by atoms with van der Waals surface area (Å²) >= 11 is 0. The van der Waals surface area contributed by atoms with Crippen molar-refractivity contribution in [2.75, 3.05) is 13.7 Å². The van der Waals surface area contributed by atoms with E-state index < -0.39 is 21.2 Å². The number of aliphatic hydroxyl groups is 1. The fourth-order valence-electron chi connectivity index (χ4n) is 1.42. The van der Waals surface area contributed by atoms with Crippen molar-refractivity contribution in [3.05, 3.63) is 23.8 Å². The Kier molecular flexibility index (Phi) is 3.84. The first-order valence-corrected chi connectivity index (χ1v) is 6.74. The smallest absolute Gasteiger partial charge is 0.185 e. The number of methoxy groups -OCH3 is 1. The van der Waals surface area contributed by atoms with Crippen molar-refractivity contribution in [1.82, 2.24) is 0 Å². The molecule has 5 heteroatoms. The number of hydrogen-bond acceptors (Lipinski definition) is 4. The van der Waals surface area contributed by atoms with Gasteiger partial charge in [0.05, 0.1) is 23.4 Å². The van der Waals surface area contributed by atoms with Crippen molar-refractivity contribution < 1.29 is 18.3 Å². The predicted molar refractivity (Wildman–Crippen MR) is 66.1 cm³/mol. The molecule has 0 aliphatic carbocycles. The van der Waals surface area contributed by atoms with Crippen LogP contribution in [0.4, 0.5) is 0 Å². The van der Waals surface area contributed by atoms with Crippen LogP contribution < -0.4 is 4.74 Å². The first kappa shape index (κ1) is 14.0. The molecule has 0 heterocycles. The van der Waals surface area contributed by atoms with Crippen LogP contribution in [-0.2, 0) is 9.84 Å². The molecule has 0 spiro atoms. The van der Waals surface area contributed by atoms with Crippen molar-refractivity contribution in [2.45, 2.75) is 30.4 Å². The minimum Gasteiger partial charge on any atom is -0.496 e. The number of sulfone groups is 1. The van der Waals surface area contributed by atoms with Gasteiger partial charge in [0.2, 0.25) is 0 Å². The number of rotatable bonds is 4. The van der Waals surface area contributed by atoms with Gasteiger partial charge in [0.1, 0.15) is 5.75 Å². The first-order valence-electron chi connectivity index (χ1n) is 5.26. The molecule has 4 nitrogen and oxygen atoms in total. The minimum atomic E-state index is -3.54. The molecule has 1 rings (SSSR count). The molecule has 0 aromatic heterocycles. The van der Waals surface area contributed by atoms with E-state index in [4.69, 9.17) is 9.84 Å². The maximum absolute atomic E-state index is 12.2. The fourth-order valence-corrected chi connectivity index (χ4v) is 2.81. The molecule has 96 valence electrons. The fraction of sp³-hybridized carbons (Fsp3) is 0.500. The number of ether oxygens (including phenoxy) is 1. The van der Waals surface area contributed by atoms with E-state index in [-0.39, 0.29) is 4.90 Å². The normalized spacial score (nSPS) is 12.5. The second kappa shape index (κ2) is 4.66. The van der Waals surface area contributed by atoms with E-state index >= 15 is 0 Å². The van der Waals surface area contributed by atoms with Crippen LogP contribution in [0.1, 0.15) is 19.4 Å². The topological polar surface area (TPSA) is 63.6 Å². The number of benzene rings is 1. The number of aliphatic hydroxyl groups excluding tert-OH is 1. The average Bonchev–Trinajstić information content (AvgIpc) is 2.28. The van der Waals surface area contributed by atoms with E-state index in [2.05, 4.69) is 0 Å². The van der Waals surface area contributed by atoms with Crippen LogP contribution in [0.25, 0.3) is 0 Å². The van der Waals surface area contributed by atoms with Crippen molar-refractivity contribution in [3.63, 3.8) is 0 Å². The summed E-state index contributed by atoms with van der Waals surface area (Å²) in [6, 6.07) is 4.68. The Morgan fingerprint density at radius 2 is 1.94 bits per heavy atom. The third-order valence-electron chi connectivity index (χ3n) is 2.78. The first-order chi connectivity index (χ1) is 7.76. The van der Waals surface area contributed by atoms with E-state index in [1.807, 2.05) is 0 Å². The SMILES string of the molecule is COc1ccc(S(=O)(=O)C(C)(C)CO)cc1C. The van der Waals surface area contributed by atoms with Crippen LogP contribution in [-0.4, -0.2) is 32.0 Å². The van der Waals surface area contributed by atoms with Crippen LogP contribution in [0, 0.1) is 6.92 Å². The number of hydrogen-bond donors (Lipinski definition) is 1. The third kappa shape index (κ3) is 2.45. The van der Waals surface area contributed by atoms with E-state index in [0.717, 1.165) is 5.56 Å². The lowest BCUT2D eigenvalue weighted by atomic mass is 10.2. The zero-order valence-corrected chi connectivity index (χ0v) is 11.3. The highest BCUT2D eigenvalue weighted by molar-refractivity contribution is 7.92. The van der Waals surface area contributed by atoms with Gasteiger partial charge in [0.25, 0.3) is 0 Å². The van der Waals surface area contributed by atoms with Gasteiger partial charge < -0.3 is 9.84 Å². The molecular weight excluding hydrogens is 240 g/mol. The molecule has 1 aromatic rings. The summed E-state index contributed by atoms with van der Waals surface area (Å²) in [7, 11) is -2.01. The maximum atomic E-state index is 12.2. The minimum absolute atomic E-state index is 0.204. The Morgan fingerprint density at radius 3 is 2.35 bits per heavy atom. The predicted octanol–water partition coefficient (Wildman–Crippen LogP) is 1.55. The van der Waals surface area contributed by atoms with Gasteiger partial charge in [-0.05, 0) is 44.5 Å². The Hall–Kier alpha value is -1.07. The summed E-state index contributed by atoms with van der Waals surface area (Å²) in [5, 5.41) is 9.16. The van der Waals surface area contributed by atoms with Gasteiger partial charge >= 0.3 is 0 Å². The third-order valence-corrected chi connectivity index (χ3v) is 5.24. The standard InChI is InChI=1S/C12H18O4S/c1-9-7-10(5-6-11(9)16-4)17(14,15)12(2,3)8-13/h5-7,13H,8H2,1-4H3. The second-order valence-electron chi connectivity index (χ2n) is 4.55. The van der Waals surface area contributed by atoms with Gasteiger partial charge in [-0.15, -0.1) is 0 Å². The molecule has 17 heavy (non-hydrogen) atoms. The Balaban J connectivity index is 3.31. The second-order valence-corrected chi connectivity index (χ2v) is 7.14. The summed E-state index contributed by atoms with van der Waals surface area (Å²) in [4.78, 5) is 0.204. The van der Waals surface area contributed by atoms with Crippen molar-refractivity contribution in [1.29, 1.82) is 0 Å². The molecule has 1 N–H and O–H groups in total. The summed E-state index contributed by atoms with van der Waals surface area (Å²) in [6.07, 6.45) is 0. The molecule has 0 aliphatic heterocycles. The van der Waals surface area contributed by atoms with E-state index in [1.54, 1.807) is 19.1 Å². The van der Waals surface area contributed by atoms with Gasteiger partial charge in [-0.2, -0.15) is 0 Å². The van der Waals surface area contributed by atoms with Gasteiger partial charge in [0, 0.05) is 0 Å². The summed E-state index contributed by atoms with van der Waals surface area (Å²) in [5.74, 6) is 0.644. The lowest BCUT2D eigenvalue weighted by Gasteiger charge is -2.22. The van der Waals surface area contributed by atoms with E-state index in [1.165, 1.54) is 27.0 Å². The zero-order chi connectivity index (χ0) is 13.3. The molecule has 0 unspecified atom stereocenters. The van der Waals surface area contributed by atoms with Crippen molar-refractivity contribution in [2.24, 2.45) is 0 Å². The summed E-state index contributed by atoms with van der Waals surface area (Å²) in [5.41, 5.74) is 0.752. The highest BCUT2D eigenvalue weighted by Crippen LogP contribution is 2.28. The van der Waals surface area contributed by atoms with E-state index in [9.17, 15) is 8.42 Å². The molecule has 0 aliphatic rings. The quantitative estimate of drug-likeness (QED) is 0.890. The van der Waals surface area contributed by atoms with Crippen LogP contribution in [0.15, 0.2) is 23.1 Å². The molecular formula is C12H18O4S. The van der Waals surface area contributed by atoms with Crippen molar-refractivity contribution >= 4 is 9.84 Å². The lowest BCUT2D eigenvalue weighted by molar-refractivity contribution is 0.258. The largest absolute Gasteiger partial charge is 0.496 e.